The number of aromatic nitrogens is 5. The molecule has 9 nitrogen and oxygen atoms in total. The fourth-order valence-corrected chi connectivity index (χ4v) is 3.60. The van der Waals surface area contributed by atoms with E-state index < -0.39 is 0 Å². The van der Waals surface area contributed by atoms with E-state index >= 15 is 0 Å². The lowest BCUT2D eigenvalue weighted by atomic mass is 10.1. The van der Waals surface area contributed by atoms with Crippen molar-refractivity contribution in [2.45, 2.75) is 25.8 Å². The van der Waals surface area contributed by atoms with Gasteiger partial charge in [-0.2, -0.15) is 20.1 Å². The molecule has 32 heavy (non-hydrogen) atoms. The van der Waals surface area contributed by atoms with E-state index in [2.05, 4.69) is 30.3 Å². The first-order valence-electron chi connectivity index (χ1n) is 10.7. The number of nitrogens with zero attached hydrogens (tertiary/aromatic N) is 7. The van der Waals surface area contributed by atoms with E-state index in [0.29, 0.717) is 29.1 Å². The van der Waals surface area contributed by atoms with Crippen LogP contribution in [0.3, 0.4) is 0 Å². The molecule has 168 valence electrons. The zero-order valence-corrected chi connectivity index (χ0v) is 18.5. The maximum atomic E-state index is 13.2. The van der Waals surface area contributed by atoms with Crippen LogP contribution in [-0.4, -0.2) is 57.8 Å². The predicted molar refractivity (Wildman–Crippen MR) is 120 cm³/mol. The molecule has 1 N–H and O–H groups in total. The highest BCUT2D eigenvalue weighted by atomic mass is 19.1. The predicted octanol–water partition coefficient (Wildman–Crippen LogP) is 2.40. The van der Waals surface area contributed by atoms with Gasteiger partial charge in [-0.1, -0.05) is 0 Å². The minimum Gasteiger partial charge on any atom is -0.347 e. The van der Waals surface area contributed by atoms with Gasteiger partial charge in [0, 0.05) is 39.8 Å². The number of piperidine rings is 1. The quantitative estimate of drug-likeness (QED) is 0.632. The molecule has 3 heterocycles. The van der Waals surface area contributed by atoms with Crippen LogP contribution in [0.15, 0.2) is 30.3 Å². The highest BCUT2D eigenvalue weighted by Gasteiger charge is 2.19. The Hall–Kier alpha value is -3.56. The number of benzene rings is 1. The second-order valence-corrected chi connectivity index (χ2v) is 8.02. The summed E-state index contributed by atoms with van der Waals surface area (Å²) in [5, 5.41) is 7.25. The Morgan fingerprint density at radius 1 is 1.09 bits per heavy atom. The second-order valence-electron chi connectivity index (χ2n) is 8.02. The number of anilines is 2. The number of carbonyl (C=O) groups excluding carboxylic acids is 1. The maximum absolute atomic E-state index is 13.2. The fraction of sp³-hybridized carbons (Fsp3) is 0.409. The summed E-state index contributed by atoms with van der Waals surface area (Å²) < 4.78 is 14.7. The zero-order chi connectivity index (χ0) is 22.7. The lowest BCUT2D eigenvalue weighted by Crippen LogP contribution is -2.33. The molecule has 2 aromatic heterocycles. The third-order valence-electron chi connectivity index (χ3n) is 5.36. The summed E-state index contributed by atoms with van der Waals surface area (Å²) in [5.41, 5.74) is 1.72. The van der Waals surface area contributed by atoms with Crippen molar-refractivity contribution in [3.63, 3.8) is 0 Å². The van der Waals surface area contributed by atoms with Crippen LogP contribution >= 0.6 is 0 Å². The summed E-state index contributed by atoms with van der Waals surface area (Å²) in [7, 11) is 5.46. The third-order valence-corrected chi connectivity index (χ3v) is 5.36. The SMILES string of the molecule is CN(C)c1nc(CNC(=O)c2cc(-c3ccc(F)cc3)nn2C)nc(N2CCCCC2)n1. The molecule has 0 aliphatic carbocycles. The average molecular weight is 439 g/mol. The Kier molecular flexibility index (Phi) is 6.29. The molecule has 0 atom stereocenters. The van der Waals surface area contributed by atoms with Crippen LogP contribution in [0.1, 0.15) is 35.6 Å². The normalized spacial score (nSPS) is 13.8. The first-order chi connectivity index (χ1) is 15.4. The smallest absolute Gasteiger partial charge is 0.269 e. The van der Waals surface area contributed by atoms with Gasteiger partial charge in [-0.3, -0.25) is 9.48 Å². The van der Waals surface area contributed by atoms with E-state index in [-0.39, 0.29) is 18.3 Å². The monoisotopic (exact) mass is 438 g/mol. The Morgan fingerprint density at radius 3 is 2.50 bits per heavy atom. The minimum absolute atomic E-state index is 0.167. The van der Waals surface area contributed by atoms with Crippen molar-refractivity contribution < 1.29 is 9.18 Å². The van der Waals surface area contributed by atoms with Crippen LogP contribution in [0.5, 0.6) is 0 Å². The lowest BCUT2D eigenvalue weighted by Gasteiger charge is -2.27. The number of aryl methyl sites for hydroxylation is 1. The van der Waals surface area contributed by atoms with Crippen molar-refractivity contribution in [3.05, 3.63) is 47.7 Å². The van der Waals surface area contributed by atoms with Crippen molar-refractivity contribution in [3.8, 4) is 11.3 Å². The van der Waals surface area contributed by atoms with Crippen molar-refractivity contribution in [2.24, 2.45) is 7.05 Å². The standard InChI is InChI=1S/C22H27FN8O/c1-29(2)21-25-19(26-22(27-21)31-11-5-4-6-12-31)14-24-20(32)18-13-17(28-30(18)3)15-7-9-16(23)10-8-15/h7-10,13H,4-6,11-12,14H2,1-3H3,(H,24,32). The van der Waals surface area contributed by atoms with Crippen molar-refractivity contribution in [1.29, 1.82) is 0 Å². The van der Waals surface area contributed by atoms with Crippen LogP contribution in [0, 0.1) is 5.82 Å². The van der Waals surface area contributed by atoms with E-state index in [1.807, 2.05) is 19.0 Å². The molecule has 1 aromatic carbocycles. The van der Waals surface area contributed by atoms with E-state index in [1.165, 1.54) is 23.2 Å². The molecule has 1 amide bonds. The van der Waals surface area contributed by atoms with Gasteiger partial charge in [0.05, 0.1) is 12.2 Å². The summed E-state index contributed by atoms with van der Waals surface area (Å²) in [4.78, 5) is 30.5. The van der Waals surface area contributed by atoms with Gasteiger partial charge in [0.1, 0.15) is 11.5 Å². The maximum Gasteiger partial charge on any atom is 0.269 e. The molecule has 0 spiro atoms. The summed E-state index contributed by atoms with van der Waals surface area (Å²) in [6, 6.07) is 7.68. The molecular formula is C22H27FN8O. The van der Waals surface area contributed by atoms with Crippen LogP contribution in [-0.2, 0) is 13.6 Å². The van der Waals surface area contributed by atoms with E-state index in [9.17, 15) is 9.18 Å². The van der Waals surface area contributed by atoms with Gasteiger partial charge in [-0.25, -0.2) is 4.39 Å². The highest BCUT2D eigenvalue weighted by molar-refractivity contribution is 5.93. The Morgan fingerprint density at radius 2 is 1.81 bits per heavy atom. The van der Waals surface area contributed by atoms with Gasteiger partial charge < -0.3 is 15.1 Å². The van der Waals surface area contributed by atoms with Gasteiger partial charge in [0.15, 0.2) is 5.82 Å². The zero-order valence-electron chi connectivity index (χ0n) is 18.5. The molecule has 1 aliphatic heterocycles. The van der Waals surface area contributed by atoms with Gasteiger partial charge >= 0.3 is 0 Å². The van der Waals surface area contributed by atoms with Gasteiger partial charge in [0.2, 0.25) is 11.9 Å². The van der Waals surface area contributed by atoms with E-state index in [0.717, 1.165) is 31.5 Å². The molecule has 0 unspecified atom stereocenters. The number of nitrogens with one attached hydrogen (secondary N) is 1. The van der Waals surface area contributed by atoms with Gasteiger partial charge in [-0.15, -0.1) is 0 Å². The summed E-state index contributed by atoms with van der Waals surface area (Å²) in [6.45, 7) is 2.01. The topological polar surface area (TPSA) is 92.1 Å². The molecule has 0 radical (unpaired) electrons. The molecule has 1 aliphatic rings. The molecule has 10 heteroatoms. The molecular weight excluding hydrogens is 411 g/mol. The summed E-state index contributed by atoms with van der Waals surface area (Å²) in [5.74, 6) is 1.09. The van der Waals surface area contributed by atoms with Crippen LogP contribution < -0.4 is 15.1 Å². The largest absolute Gasteiger partial charge is 0.347 e. The number of hydrogen-bond acceptors (Lipinski definition) is 7. The number of hydrogen-bond donors (Lipinski definition) is 1. The molecule has 4 rings (SSSR count). The second kappa shape index (κ2) is 9.29. The third kappa shape index (κ3) is 4.84. The van der Waals surface area contributed by atoms with Gasteiger partial charge in [0.25, 0.3) is 5.91 Å². The van der Waals surface area contributed by atoms with Gasteiger partial charge in [-0.05, 0) is 49.6 Å². The van der Waals surface area contributed by atoms with Crippen LogP contribution in [0.25, 0.3) is 11.3 Å². The van der Waals surface area contributed by atoms with E-state index in [1.54, 1.807) is 25.2 Å². The molecule has 0 saturated carbocycles. The highest BCUT2D eigenvalue weighted by Crippen LogP contribution is 2.20. The molecule has 0 bridgehead atoms. The summed E-state index contributed by atoms with van der Waals surface area (Å²) >= 11 is 0. The first kappa shape index (κ1) is 21.7. The minimum atomic E-state index is -0.319. The molecule has 3 aromatic rings. The van der Waals surface area contributed by atoms with Crippen LogP contribution in [0.4, 0.5) is 16.3 Å². The number of amides is 1. The number of rotatable bonds is 6. The van der Waals surface area contributed by atoms with E-state index in [4.69, 9.17) is 0 Å². The summed E-state index contributed by atoms with van der Waals surface area (Å²) in [6.07, 6.45) is 3.45. The molecule has 1 saturated heterocycles. The average Bonchev–Trinajstić information content (AvgIpc) is 3.20. The molecule has 1 fully saturated rings. The Balaban J connectivity index is 1.50. The Bertz CT molecular complexity index is 1090. The van der Waals surface area contributed by atoms with Crippen LogP contribution in [0.2, 0.25) is 0 Å². The lowest BCUT2D eigenvalue weighted by molar-refractivity contribution is 0.0940. The van der Waals surface area contributed by atoms with Crippen molar-refractivity contribution in [1.82, 2.24) is 30.0 Å². The van der Waals surface area contributed by atoms with Crippen molar-refractivity contribution in [2.75, 3.05) is 37.0 Å². The Labute approximate surface area is 186 Å². The van der Waals surface area contributed by atoms with Crippen molar-refractivity contribution >= 4 is 17.8 Å². The first-order valence-corrected chi connectivity index (χ1v) is 10.7. The number of halogens is 1. The number of carbonyl (C=O) groups is 1. The fourth-order valence-electron chi connectivity index (χ4n) is 3.60.